The van der Waals surface area contributed by atoms with Crippen molar-refractivity contribution in [2.45, 2.75) is 20.5 Å². The van der Waals surface area contributed by atoms with Crippen LogP contribution in [0.4, 0.5) is 22.0 Å². The van der Waals surface area contributed by atoms with E-state index in [1.54, 1.807) is 19.1 Å². The van der Waals surface area contributed by atoms with Crippen LogP contribution in [0.15, 0.2) is 34.4 Å². The van der Waals surface area contributed by atoms with Crippen LogP contribution in [-0.4, -0.2) is 5.78 Å². The molecule has 0 saturated carbocycles. The summed E-state index contributed by atoms with van der Waals surface area (Å²) in [5.41, 5.74) is -0.563. The summed E-state index contributed by atoms with van der Waals surface area (Å²) in [7, 11) is 0. The van der Waals surface area contributed by atoms with Crippen LogP contribution < -0.4 is 9.47 Å². The maximum absolute atomic E-state index is 13.9. The molecule has 160 valence electrons. The van der Waals surface area contributed by atoms with Gasteiger partial charge in [-0.15, -0.1) is 0 Å². The van der Waals surface area contributed by atoms with Gasteiger partial charge in [0.1, 0.15) is 29.6 Å². The fourth-order valence-electron chi connectivity index (χ4n) is 3.11. The number of furan rings is 1. The first-order valence-electron chi connectivity index (χ1n) is 8.96. The molecule has 0 bridgehead atoms. The minimum atomic E-state index is -2.24. The van der Waals surface area contributed by atoms with E-state index in [2.05, 4.69) is 0 Å². The standard InChI is InChI=1S/C22H13F5O4/c1-9-3-4-11(30-9)7-15-21(28)12-5-6-14(10(2)22(12)31-15)29-8-13-16(23)18(25)20(27)19(26)17(13)24/h3-7H,8H2,1-2H3/b15-7-. The van der Waals surface area contributed by atoms with Crippen molar-refractivity contribution < 1.29 is 40.6 Å². The number of carbonyl (C=O) groups excluding carboxylic acids is 1. The average Bonchev–Trinajstić information content (AvgIpc) is 3.30. The van der Waals surface area contributed by atoms with Crippen molar-refractivity contribution >= 4 is 11.9 Å². The molecule has 0 fully saturated rings. The van der Waals surface area contributed by atoms with Crippen LogP contribution in [0.2, 0.25) is 0 Å². The zero-order chi connectivity index (χ0) is 22.4. The smallest absolute Gasteiger partial charge is 0.232 e. The van der Waals surface area contributed by atoms with Crippen LogP contribution in [0.25, 0.3) is 6.08 Å². The van der Waals surface area contributed by atoms with Gasteiger partial charge < -0.3 is 13.9 Å². The van der Waals surface area contributed by atoms with Gasteiger partial charge in [0.25, 0.3) is 0 Å². The molecule has 1 aliphatic heterocycles. The van der Waals surface area contributed by atoms with Gasteiger partial charge in [0, 0.05) is 11.6 Å². The molecule has 0 N–H and O–H groups in total. The highest BCUT2D eigenvalue weighted by molar-refractivity contribution is 6.14. The number of ketones is 1. The Morgan fingerprint density at radius 3 is 2.16 bits per heavy atom. The largest absolute Gasteiger partial charge is 0.488 e. The minimum Gasteiger partial charge on any atom is -0.488 e. The highest BCUT2D eigenvalue weighted by atomic mass is 19.2. The van der Waals surface area contributed by atoms with Gasteiger partial charge >= 0.3 is 0 Å². The van der Waals surface area contributed by atoms with Crippen LogP contribution in [0.1, 0.15) is 33.0 Å². The SMILES string of the molecule is Cc1ccc(/C=C2\Oc3c(ccc(OCc4c(F)c(F)c(F)c(F)c4F)c3C)C2=O)o1. The van der Waals surface area contributed by atoms with Crippen molar-refractivity contribution in [3.63, 3.8) is 0 Å². The molecular formula is C22H13F5O4. The number of fused-ring (bicyclic) bond motifs is 1. The molecule has 0 atom stereocenters. The predicted octanol–water partition coefficient (Wildman–Crippen LogP) is 5.79. The van der Waals surface area contributed by atoms with Gasteiger partial charge in [-0.25, -0.2) is 22.0 Å². The maximum Gasteiger partial charge on any atom is 0.232 e. The van der Waals surface area contributed by atoms with E-state index >= 15 is 0 Å². The lowest BCUT2D eigenvalue weighted by Crippen LogP contribution is -2.10. The van der Waals surface area contributed by atoms with Gasteiger partial charge in [-0.3, -0.25) is 4.79 Å². The number of ether oxygens (including phenoxy) is 2. The molecule has 9 heteroatoms. The normalized spacial score (nSPS) is 14.2. The third-order valence-corrected chi connectivity index (χ3v) is 4.74. The molecule has 31 heavy (non-hydrogen) atoms. The fourth-order valence-corrected chi connectivity index (χ4v) is 3.11. The second-order valence-corrected chi connectivity index (χ2v) is 6.79. The molecule has 1 aliphatic rings. The van der Waals surface area contributed by atoms with Crippen molar-refractivity contribution in [1.29, 1.82) is 0 Å². The van der Waals surface area contributed by atoms with Crippen LogP contribution in [0, 0.1) is 42.9 Å². The Morgan fingerprint density at radius 1 is 0.903 bits per heavy atom. The highest BCUT2D eigenvalue weighted by Crippen LogP contribution is 2.39. The van der Waals surface area contributed by atoms with Crippen molar-refractivity contribution in [3.8, 4) is 11.5 Å². The Morgan fingerprint density at radius 2 is 1.55 bits per heavy atom. The Hall–Kier alpha value is -3.62. The number of benzene rings is 2. The number of halogens is 5. The molecule has 0 radical (unpaired) electrons. The van der Waals surface area contributed by atoms with E-state index in [1.165, 1.54) is 25.1 Å². The molecule has 3 aromatic rings. The highest BCUT2D eigenvalue weighted by Gasteiger charge is 2.31. The van der Waals surface area contributed by atoms with Crippen LogP contribution >= 0.6 is 0 Å². The number of aryl methyl sites for hydroxylation is 1. The topological polar surface area (TPSA) is 48.7 Å². The van der Waals surface area contributed by atoms with Gasteiger partial charge in [0.05, 0.1) is 11.1 Å². The van der Waals surface area contributed by atoms with E-state index in [9.17, 15) is 26.7 Å². The van der Waals surface area contributed by atoms with Crippen molar-refractivity contribution in [1.82, 2.24) is 0 Å². The lowest BCUT2D eigenvalue weighted by molar-refractivity contribution is 0.101. The molecule has 4 rings (SSSR count). The molecule has 2 aromatic carbocycles. The number of Topliss-reactive ketones (excluding diaryl/α,β-unsaturated/α-hetero) is 1. The van der Waals surface area contributed by atoms with E-state index < -0.39 is 47.0 Å². The van der Waals surface area contributed by atoms with Crippen LogP contribution in [-0.2, 0) is 6.61 Å². The molecular weight excluding hydrogens is 423 g/mol. The van der Waals surface area contributed by atoms with Gasteiger partial charge in [0.2, 0.25) is 11.6 Å². The zero-order valence-electron chi connectivity index (χ0n) is 16.1. The molecule has 0 amide bonds. The first-order chi connectivity index (χ1) is 14.7. The molecule has 4 nitrogen and oxygen atoms in total. The monoisotopic (exact) mass is 436 g/mol. The van der Waals surface area contributed by atoms with Gasteiger partial charge in [-0.1, -0.05) is 0 Å². The first-order valence-corrected chi connectivity index (χ1v) is 8.96. The molecule has 0 unspecified atom stereocenters. The second kappa shape index (κ2) is 7.57. The summed E-state index contributed by atoms with van der Waals surface area (Å²) in [5, 5.41) is 0. The Labute approximate surface area is 172 Å². The Kier molecular flexibility index (Phi) is 5.04. The summed E-state index contributed by atoms with van der Waals surface area (Å²) in [5.74, 6) is -9.43. The number of hydrogen-bond donors (Lipinski definition) is 0. The number of hydrogen-bond acceptors (Lipinski definition) is 4. The van der Waals surface area contributed by atoms with Crippen LogP contribution in [0.3, 0.4) is 0 Å². The van der Waals surface area contributed by atoms with E-state index in [0.717, 1.165) is 0 Å². The molecule has 1 aromatic heterocycles. The molecule has 0 aliphatic carbocycles. The maximum atomic E-state index is 13.9. The van der Waals surface area contributed by atoms with Gasteiger partial charge in [0.15, 0.2) is 29.0 Å². The second-order valence-electron chi connectivity index (χ2n) is 6.79. The first kappa shape index (κ1) is 20.6. The molecule has 0 saturated heterocycles. The summed E-state index contributed by atoms with van der Waals surface area (Å²) < 4.78 is 83.9. The lowest BCUT2D eigenvalue weighted by atomic mass is 10.1. The third-order valence-electron chi connectivity index (χ3n) is 4.74. The molecule has 2 heterocycles. The molecule has 0 spiro atoms. The Balaban J connectivity index is 1.61. The average molecular weight is 436 g/mol. The third kappa shape index (κ3) is 3.45. The van der Waals surface area contributed by atoms with Crippen molar-refractivity contribution in [3.05, 3.63) is 87.3 Å². The van der Waals surface area contributed by atoms with E-state index in [1.807, 2.05) is 0 Å². The van der Waals surface area contributed by atoms with Crippen molar-refractivity contribution in [2.75, 3.05) is 0 Å². The number of carbonyl (C=O) groups is 1. The predicted molar refractivity (Wildman–Crippen MR) is 98.1 cm³/mol. The van der Waals surface area contributed by atoms with Gasteiger partial charge in [-0.05, 0) is 38.1 Å². The minimum absolute atomic E-state index is 0.00404. The van der Waals surface area contributed by atoms with Gasteiger partial charge in [-0.2, -0.15) is 0 Å². The van der Waals surface area contributed by atoms with Crippen molar-refractivity contribution in [2.24, 2.45) is 0 Å². The zero-order valence-corrected chi connectivity index (χ0v) is 16.1. The summed E-state index contributed by atoms with van der Waals surface area (Å²) in [4.78, 5) is 12.6. The summed E-state index contributed by atoms with van der Waals surface area (Å²) in [6, 6.07) is 6.11. The number of allylic oxidation sites excluding steroid dienone is 1. The summed E-state index contributed by atoms with van der Waals surface area (Å²) >= 11 is 0. The number of rotatable bonds is 4. The fraction of sp³-hybridized carbons (Fsp3) is 0.136. The van der Waals surface area contributed by atoms with E-state index in [-0.39, 0.29) is 22.8 Å². The van der Waals surface area contributed by atoms with Crippen LogP contribution in [0.5, 0.6) is 11.5 Å². The summed E-state index contributed by atoms with van der Waals surface area (Å²) in [6.07, 6.45) is 1.42. The van der Waals surface area contributed by atoms with E-state index in [4.69, 9.17) is 13.9 Å². The summed E-state index contributed by atoms with van der Waals surface area (Å²) in [6.45, 7) is 2.35. The van der Waals surface area contributed by atoms with E-state index in [0.29, 0.717) is 17.1 Å². The lowest BCUT2D eigenvalue weighted by Gasteiger charge is -2.13. The quantitative estimate of drug-likeness (QED) is 0.225. The Bertz CT molecular complexity index is 1230.